The Morgan fingerprint density at radius 2 is 1.91 bits per heavy atom. The van der Waals surface area contributed by atoms with Crippen LogP contribution in [0.5, 0.6) is 11.5 Å². The molecular weight excluding hydrogens is 504 g/mol. The number of carbonyl (C=O) groups is 1. The number of ether oxygens (including phenoxy) is 3. The highest BCUT2D eigenvalue weighted by Crippen LogP contribution is 2.38. The van der Waals surface area contributed by atoms with Crippen LogP contribution in [0.2, 0.25) is 0 Å². The smallest absolute Gasteiger partial charge is 0.363 e. The van der Waals surface area contributed by atoms with Crippen molar-refractivity contribution in [3.8, 4) is 11.5 Å². The fourth-order valence-corrected chi connectivity index (χ4v) is 4.00. The van der Waals surface area contributed by atoms with Crippen LogP contribution in [0.1, 0.15) is 22.3 Å². The average Bonchev–Trinajstić information content (AvgIpc) is 3.18. The van der Waals surface area contributed by atoms with Crippen LogP contribution in [0.4, 0.5) is 5.69 Å². The van der Waals surface area contributed by atoms with Crippen molar-refractivity contribution in [2.75, 3.05) is 7.11 Å². The fraction of sp³-hybridized carbons (Fsp3) is 0.120. The Bertz CT molecular complexity index is 1330. The second-order valence-corrected chi connectivity index (χ2v) is 8.21. The lowest BCUT2D eigenvalue weighted by Gasteiger charge is -2.13. The molecule has 9 heteroatoms. The van der Waals surface area contributed by atoms with Crippen LogP contribution >= 0.6 is 15.9 Å². The number of hydrogen-bond acceptors (Lipinski definition) is 7. The molecule has 0 unspecified atom stereocenters. The summed E-state index contributed by atoms with van der Waals surface area (Å²) in [6, 6.07) is 17.8. The molecule has 34 heavy (non-hydrogen) atoms. The van der Waals surface area contributed by atoms with Gasteiger partial charge in [0.2, 0.25) is 5.90 Å². The van der Waals surface area contributed by atoms with E-state index < -0.39 is 10.9 Å². The predicted octanol–water partition coefficient (Wildman–Crippen LogP) is 5.60. The van der Waals surface area contributed by atoms with E-state index in [2.05, 4.69) is 20.9 Å². The van der Waals surface area contributed by atoms with Crippen LogP contribution in [0, 0.1) is 17.0 Å². The molecule has 3 aromatic rings. The third-order valence-electron chi connectivity index (χ3n) is 5.13. The summed E-state index contributed by atoms with van der Waals surface area (Å²) in [6.07, 6.45) is 1.55. The number of aliphatic imine (C=N–C) groups is 1. The van der Waals surface area contributed by atoms with Gasteiger partial charge in [0.05, 0.1) is 16.5 Å². The van der Waals surface area contributed by atoms with E-state index in [9.17, 15) is 14.9 Å². The van der Waals surface area contributed by atoms with Crippen molar-refractivity contribution in [2.24, 2.45) is 4.99 Å². The van der Waals surface area contributed by atoms with E-state index in [0.29, 0.717) is 39.3 Å². The second-order valence-electron chi connectivity index (χ2n) is 7.35. The van der Waals surface area contributed by atoms with Crippen molar-refractivity contribution in [3.05, 3.63) is 103 Å². The van der Waals surface area contributed by atoms with Crippen molar-refractivity contribution in [1.29, 1.82) is 0 Å². The molecule has 0 fully saturated rings. The van der Waals surface area contributed by atoms with Crippen molar-refractivity contribution >= 4 is 39.6 Å². The minimum atomic E-state index is -0.652. The molecule has 0 saturated heterocycles. The van der Waals surface area contributed by atoms with E-state index in [4.69, 9.17) is 14.2 Å². The lowest BCUT2D eigenvalue weighted by atomic mass is 10.1. The van der Waals surface area contributed by atoms with Gasteiger partial charge in [0.1, 0.15) is 6.61 Å². The van der Waals surface area contributed by atoms with Gasteiger partial charge >= 0.3 is 5.97 Å². The maximum atomic E-state index is 12.5. The molecule has 0 spiro atoms. The summed E-state index contributed by atoms with van der Waals surface area (Å²) < 4.78 is 17.4. The Balaban J connectivity index is 1.63. The molecule has 0 amide bonds. The molecule has 0 bridgehead atoms. The molecule has 1 aliphatic heterocycles. The number of carbonyl (C=O) groups excluding carboxylic acids is 1. The maximum absolute atomic E-state index is 12.5. The number of halogens is 1. The molecule has 0 N–H and O–H groups in total. The predicted molar refractivity (Wildman–Crippen MR) is 130 cm³/mol. The zero-order valence-corrected chi connectivity index (χ0v) is 19.9. The number of methoxy groups -OCH3 is 1. The number of nitro benzene ring substituents is 1. The van der Waals surface area contributed by atoms with Crippen molar-refractivity contribution in [1.82, 2.24) is 0 Å². The van der Waals surface area contributed by atoms with Crippen LogP contribution in [0.25, 0.3) is 6.08 Å². The first kappa shape index (κ1) is 23.2. The highest BCUT2D eigenvalue weighted by Gasteiger charge is 2.27. The van der Waals surface area contributed by atoms with Gasteiger partial charge in [-0.1, -0.05) is 36.4 Å². The van der Waals surface area contributed by atoms with E-state index in [1.54, 1.807) is 31.2 Å². The number of nitrogens with zero attached hydrogens (tertiary/aromatic N) is 2. The van der Waals surface area contributed by atoms with Crippen LogP contribution in [-0.4, -0.2) is 23.9 Å². The highest BCUT2D eigenvalue weighted by molar-refractivity contribution is 9.10. The Morgan fingerprint density at radius 1 is 1.15 bits per heavy atom. The molecule has 0 saturated carbocycles. The minimum Gasteiger partial charge on any atom is -0.493 e. The zero-order chi connectivity index (χ0) is 24.2. The lowest BCUT2D eigenvalue weighted by Crippen LogP contribution is -2.08. The van der Waals surface area contributed by atoms with E-state index in [1.165, 1.54) is 19.2 Å². The molecule has 4 rings (SSSR count). The van der Waals surface area contributed by atoms with Gasteiger partial charge in [-0.2, -0.15) is 0 Å². The highest BCUT2D eigenvalue weighted by atomic mass is 79.9. The lowest BCUT2D eigenvalue weighted by molar-refractivity contribution is -0.385. The molecule has 8 nitrogen and oxygen atoms in total. The van der Waals surface area contributed by atoms with Gasteiger partial charge < -0.3 is 14.2 Å². The first-order valence-corrected chi connectivity index (χ1v) is 11.0. The summed E-state index contributed by atoms with van der Waals surface area (Å²) in [7, 11) is 1.53. The van der Waals surface area contributed by atoms with Gasteiger partial charge in [0.15, 0.2) is 17.2 Å². The summed E-state index contributed by atoms with van der Waals surface area (Å²) in [5, 5.41) is 11.2. The van der Waals surface area contributed by atoms with Crippen molar-refractivity contribution in [3.63, 3.8) is 0 Å². The van der Waals surface area contributed by atoms with E-state index >= 15 is 0 Å². The molecule has 0 aliphatic carbocycles. The van der Waals surface area contributed by atoms with E-state index in [0.717, 1.165) is 5.56 Å². The first-order valence-electron chi connectivity index (χ1n) is 10.2. The third-order valence-corrected chi connectivity index (χ3v) is 5.72. The number of benzene rings is 3. The maximum Gasteiger partial charge on any atom is 0.363 e. The average molecular weight is 523 g/mol. The Hall–Kier alpha value is -3.98. The summed E-state index contributed by atoms with van der Waals surface area (Å²) in [6.45, 7) is 1.94. The van der Waals surface area contributed by atoms with Gasteiger partial charge in [-0.25, -0.2) is 9.79 Å². The van der Waals surface area contributed by atoms with Gasteiger partial charge in [-0.15, -0.1) is 0 Å². The Morgan fingerprint density at radius 3 is 2.62 bits per heavy atom. The SMILES string of the molecule is COc1cc(/C=C2\N=C(c3cccc([N+](=O)[O-])c3C)OC2=O)cc(Br)c1OCc1ccccc1. The van der Waals surface area contributed by atoms with Gasteiger partial charge in [-0.3, -0.25) is 10.1 Å². The molecule has 0 aromatic heterocycles. The molecular formula is C25H19BrN2O6. The molecule has 0 radical (unpaired) electrons. The summed E-state index contributed by atoms with van der Waals surface area (Å²) in [4.78, 5) is 27.5. The second kappa shape index (κ2) is 9.88. The van der Waals surface area contributed by atoms with E-state index in [1.807, 2.05) is 30.3 Å². The quantitative estimate of drug-likeness (QED) is 0.173. The van der Waals surface area contributed by atoms with Crippen molar-refractivity contribution in [2.45, 2.75) is 13.5 Å². The molecule has 0 atom stereocenters. The van der Waals surface area contributed by atoms with Gasteiger partial charge in [0, 0.05) is 17.2 Å². The van der Waals surface area contributed by atoms with Gasteiger partial charge in [-0.05, 0) is 58.3 Å². The van der Waals surface area contributed by atoms with Crippen molar-refractivity contribution < 1.29 is 23.9 Å². The number of rotatable bonds is 7. The van der Waals surface area contributed by atoms with Gasteiger partial charge in [0.25, 0.3) is 5.69 Å². The fourth-order valence-electron chi connectivity index (χ4n) is 3.43. The molecule has 3 aromatic carbocycles. The zero-order valence-electron chi connectivity index (χ0n) is 18.3. The molecule has 1 heterocycles. The standard InChI is InChI=1S/C25H19BrN2O6/c1-15-18(9-6-10-21(15)28(30)31)24-27-20(25(29)34-24)12-17-11-19(26)23(22(13-17)32-2)33-14-16-7-4-3-5-8-16/h3-13H,14H2,1-2H3/b20-12-. The Kier molecular flexibility index (Phi) is 6.74. The normalized spacial score (nSPS) is 14.0. The minimum absolute atomic E-state index is 0.0197. The molecule has 172 valence electrons. The first-order chi connectivity index (χ1) is 16.4. The number of esters is 1. The topological polar surface area (TPSA) is 100 Å². The van der Waals surface area contributed by atoms with Crippen LogP contribution in [0.3, 0.4) is 0 Å². The summed E-state index contributed by atoms with van der Waals surface area (Å²) >= 11 is 3.51. The van der Waals surface area contributed by atoms with Crippen LogP contribution in [-0.2, 0) is 16.1 Å². The third kappa shape index (κ3) is 4.84. The summed E-state index contributed by atoms with van der Waals surface area (Å²) in [5.74, 6) is 0.368. The Labute approximate surface area is 203 Å². The van der Waals surface area contributed by atoms with E-state index in [-0.39, 0.29) is 17.3 Å². The van der Waals surface area contributed by atoms with Crippen LogP contribution in [0.15, 0.2) is 75.8 Å². The number of cyclic esters (lactones) is 1. The largest absolute Gasteiger partial charge is 0.493 e. The summed E-state index contributed by atoms with van der Waals surface area (Å²) in [5.41, 5.74) is 2.37. The number of hydrogen-bond donors (Lipinski definition) is 0. The number of nitro groups is 1. The monoisotopic (exact) mass is 522 g/mol. The van der Waals surface area contributed by atoms with Crippen LogP contribution < -0.4 is 9.47 Å². The molecule has 1 aliphatic rings.